The molecule has 0 amide bonds. The monoisotopic (exact) mass is 632 g/mol. The molecule has 2 aromatic heterocycles. The first-order chi connectivity index (χ1) is 21.7. The number of hydrogen-bond donors (Lipinski definition) is 3. The zero-order valence-electron chi connectivity index (χ0n) is 24.6. The zero-order chi connectivity index (χ0) is 31.6. The van der Waals surface area contributed by atoms with Crippen molar-refractivity contribution in [1.29, 1.82) is 0 Å². The van der Waals surface area contributed by atoms with E-state index in [4.69, 9.17) is 24.3 Å². The van der Waals surface area contributed by atoms with Crippen molar-refractivity contribution >= 4 is 41.5 Å². The highest BCUT2D eigenvalue weighted by Gasteiger charge is 2.40. The van der Waals surface area contributed by atoms with Crippen LogP contribution < -0.4 is 15.3 Å². The Morgan fingerprint density at radius 1 is 1.13 bits per heavy atom. The Kier molecular flexibility index (Phi) is 8.79. The summed E-state index contributed by atoms with van der Waals surface area (Å²) in [4.78, 5) is 25.8. The van der Waals surface area contributed by atoms with E-state index in [-0.39, 0.29) is 31.2 Å². The topological polar surface area (TPSA) is 173 Å². The maximum atomic E-state index is 14.3. The van der Waals surface area contributed by atoms with Crippen molar-refractivity contribution in [1.82, 2.24) is 24.6 Å². The number of benzene rings is 3. The largest absolute Gasteiger partial charge is 0.460 e. The molecule has 3 aromatic carbocycles. The fourth-order valence-corrected chi connectivity index (χ4v) is 6.63. The number of nitrogens with one attached hydrogen (secondary N) is 1. The molecule has 3 heterocycles. The van der Waals surface area contributed by atoms with Crippen LogP contribution in [0.2, 0.25) is 0 Å². The molecule has 4 unspecified atom stereocenters. The van der Waals surface area contributed by atoms with Crippen LogP contribution in [0.3, 0.4) is 0 Å². The first-order valence-corrected chi connectivity index (χ1v) is 15.9. The first kappa shape index (κ1) is 30.6. The fourth-order valence-electron chi connectivity index (χ4n) is 5.11. The van der Waals surface area contributed by atoms with Crippen LogP contribution in [0, 0.1) is 6.92 Å². The van der Waals surface area contributed by atoms with Crippen LogP contribution in [0.1, 0.15) is 31.0 Å². The van der Waals surface area contributed by atoms with Crippen LogP contribution in [0.15, 0.2) is 79.1 Å². The number of carbonyl (C=O) groups is 1. The van der Waals surface area contributed by atoms with Crippen molar-refractivity contribution in [3.8, 4) is 5.75 Å². The number of rotatable bonds is 11. The van der Waals surface area contributed by atoms with Crippen LogP contribution in [0.25, 0.3) is 21.9 Å². The number of esters is 1. The lowest BCUT2D eigenvalue weighted by Crippen LogP contribution is -2.36. The van der Waals surface area contributed by atoms with Gasteiger partial charge in [-0.2, -0.15) is 5.09 Å². The Morgan fingerprint density at radius 3 is 2.71 bits per heavy atom. The summed E-state index contributed by atoms with van der Waals surface area (Å²) in [6, 6.07) is 20.9. The second-order valence-corrected chi connectivity index (χ2v) is 12.4. The number of fused-ring (bicyclic) bond motifs is 2. The number of carbonyl (C=O) groups excluding carboxylic acids is 1. The summed E-state index contributed by atoms with van der Waals surface area (Å²) in [6.45, 7) is 2.95. The molecule has 1 aliphatic rings. The van der Waals surface area contributed by atoms with E-state index in [0.717, 1.165) is 10.9 Å². The average molecular weight is 633 g/mol. The maximum absolute atomic E-state index is 14.3. The maximum Gasteiger partial charge on any atom is 0.459 e. The van der Waals surface area contributed by atoms with E-state index in [1.165, 1.54) is 13.3 Å². The number of aliphatic hydroxyl groups excluding tert-OH is 1. The molecule has 5 atom stereocenters. The zero-order valence-corrected chi connectivity index (χ0v) is 25.5. The Hall–Kier alpha value is -4.39. The molecule has 0 bridgehead atoms. The molecule has 4 N–H and O–H groups in total. The Balaban J connectivity index is 1.19. The van der Waals surface area contributed by atoms with Gasteiger partial charge in [-0.05, 0) is 30.9 Å². The average Bonchev–Trinajstić information content (AvgIpc) is 3.62. The molecule has 45 heavy (non-hydrogen) atoms. The third-order valence-corrected chi connectivity index (χ3v) is 9.01. The van der Waals surface area contributed by atoms with Crippen LogP contribution >= 0.6 is 7.75 Å². The van der Waals surface area contributed by atoms with Gasteiger partial charge in [0.25, 0.3) is 0 Å². The number of nitrogens with two attached hydrogens (primary N) is 1. The van der Waals surface area contributed by atoms with Crippen molar-refractivity contribution in [3.63, 3.8) is 0 Å². The Labute approximate surface area is 258 Å². The lowest BCUT2D eigenvalue weighted by molar-refractivity contribution is -0.146. The normalized spacial score (nSPS) is 20.2. The van der Waals surface area contributed by atoms with E-state index in [1.54, 1.807) is 23.6 Å². The molecule has 13 nitrogen and oxygen atoms in total. The fraction of sp³-hybridized carbons (Fsp3) is 0.290. The molecular formula is C31H33N6O7P. The van der Waals surface area contributed by atoms with Crippen LogP contribution in [-0.4, -0.2) is 55.5 Å². The Morgan fingerprint density at radius 2 is 1.89 bits per heavy atom. The number of nitrogens with zero attached hydrogens (tertiary/aromatic N) is 4. The SMILES string of the molecule is Cc1nc(N)c2ncn(C3CC(O)C(COP(=O)(N[C@H](C)C(=O)OCc4ccccc4)Oc4cccc5ccccc45)O3)c2n1. The molecule has 5 aromatic rings. The van der Waals surface area contributed by atoms with Gasteiger partial charge >= 0.3 is 13.7 Å². The number of aromatic nitrogens is 4. The van der Waals surface area contributed by atoms with Gasteiger partial charge in [0.1, 0.15) is 42.1 Å². The Bertz CT molecular complexity index is 1860. The van der Waals surface area contributed by atoms with Gasteiger partial charge in [0.2, 0.25) is 0 Å². The summed E-state index contributed by atoms with van der Waals surface area (Å²) >= 11 is 0. The third-order valence-electron chi connectivity index (χ3n) is 7.38. The molecule has 0 saturated carbocycles. The molecule has 0 spiro atoms. The summed E-state index contributed by atoms with van der Waals surface area (Å²) in [6.07, 6.45) is -0.807. The number of ether oxygens (including phenoxy) is 2. The number of imidazole rings is 1. The van der Waals surface area contributed by atoms with E-state index >= 15 is 0 Å². The van der Waals surface area contributed by atoms with Crippen molar-refractivity contribution in [2.45, 2.75) is 51.4 Å². The number of aryl methyl sites for hydroxylation is 1. The van der Waals surface area contributed by atoms with Gasteiger partial charge in [-0.3, -0.25) is 13.9 Å². The molecule has 1 fully saturated rings. The molecule has 0 aliphatic carbocycles. The van der Waals surface area contributed by atoms with E-state index < -0.39 is 38.2 Å². The summed E-state index contributed by atoms with van der Waals surface area (Å²) < 4.78 is 39.4. The number of hydrogen-bond acceptors (Lipinski definition) is 11. The van der Waals surface area contributed by atoms with Gasteiger partial charge in [-0.1, -0.05) is 66.7 Å². The van der Waals surface area contributed by atoms with Crippen molar-refractivity contribution in [2.75, 3.05) is 12.3 Å². The molecule has 234 valence electrons. The second-order valence-electron chi connectivity index (χ2n) is 10.7. The van der Waals surface area contributed by atoms with Crippen LogP contribution in [0.4, 0.5) is 5.82 Å². The third kappa shape index (κ3) is 6.82. The number of aliphatic hydroxyl groups is 1. The highest BCUT2D eigenvalue weighted by atomic mass is 31.2. The quantitative estimate of drug-likeness (QED) is 0.138. The first-order valence-electron chi connectivity index (χ1n) is 14.4. The highest BCUT2D eigenvalue weighted by molar-refractivity contribution is 7.52. The summed E-state index contributed by atoms with van der Waals surface area (Å²) in [5.41, 5.74) is 7.70. The van der Waals surface area contributed by atoms with Gasteiger partial charge < -0.3 is 24.8 Å². The van der Waals surface area contributed by atoms with Gasteiger partial charge in [0, 0.05) is 11.8 Å². The highest BCUT2D eigenvalue weighted by Crippen LogP contribution is 2.47. The molecule has 0 radical (unpaired) electrons. The van der Waals surface area contributed by atoms with Crippen molar-refractivity contribution in [3.05, 3.63) is 90.5 Å². The summed E-state index contributed by atoms with van der Waals surface area (Å²) in [5, 5.41) is 15.2. The smallest absolute Gasteiger partial charge is 0.459 e. The number of anilines is 1. The molecule has 1 aliphatic heterocycles. The van der Waals surface area contributed by atoms with E-state index in [1.807, 2.05) is 60.7 Å². The van der Waals surface area contributed by atoms with Crippen molar-refractivity contribution in [2.24, 2.45) is 0 Å². The minimum Gasteiger partial charge on any atom is -0.460 e. The molecule has 14 heteroatoms. The lowest BCUT2D eigenvalue weighted by Gasteiger charge is -2.25. The van der Waals surface area contributed by atoms with E-state index in [2.05, 4.69) is 20.0 Å². The molecule has 1 saturated heterocycles. The molecular weight excluding hydrogens is 599 g/mol. The standard InChI is InChI=1S/C31H33N6O7P/c1-19(31(39)41-16-21-9-4-3-5-10-21)36-45(40,44-25-14-8-12-22-11-6-7-13-23(22)25)42-17-26-24(38)15-27(43-26)37-18-33-28-29(32)34-20(2)35-30(28)37/h3-14,18-19,24,26-27,38H,15-17H2,1-2H3,(H,36,40)(H2,32,34,35)/t19-,24?,26?,27?,45?/m1/s1. The summed E-state index contributed by atoms with van der Waals surface area (Å²) in [7, 11) is -4.26. The van der Waals surface area contributed by atoms with Crippen LogP contribution in [0.5, 0.6) is 5.75 Å². The van der Waals surface area contributed by atoms with Gasteiger partial charge in [-0.15, -0.1) is 0 Å². The van der Waals surface area contributed by atoms with Gasteiger partial charge in [0.15, 0.2) is 11.5 Å². The minimum absolute atomic E-state index is 0.0452. The number of nitrogen functional groups attached to an aromatic ring is 1. The summed E-state index contributed by atoms with van der Waals surface area (Å²) in [5.74, 6) is 0.347. The predicted molar refractivity (Wildman–Crippen MR) is 166 cm³/mol. The second kappa shape index (κ2) is 12.9. The van der Waals surface area contributed by atoms with E-state index in [0.29, 0.717) is 22.4 Å². The lowest BCUT2D eigenvalue weighted by atomic mass is 10.1. The van der Waals surface area contributed by atoms with Gasteiger partial charge in [-0.25, -0.2) is 19.5 Å². The molecule has 6 rings (SSSR count). The van der Waals surface area contributed by atoms with Crippen LogP contribution in [-0.2, 0) is 30.0 Å². The predicted octanol–water partition coefficient (Wildman–Crippen LogP) is 4.44. The van der Waals surface area contributed by atoms with Gasteiger partial charge in [0.05, 0.1) is 19.0 Å². The van der Waals surface area contributed by atoms with Crippen molar-refractivity contribution < 1.29 is 33.0 Å². The minimum atomic E-state index is -4.26. The van der Waals surface area contributed by atoms with E-state index in [9.17, 15) is 14.5 Å².